The van der Waals surface area contributed by atoms with Gasteiger partial charge in [0.2, 0.25) is 0 Å². The van der Waals surface area contributed by atoms with Crippen LogP contribution < -0.4 is 11.1 Å². The maximum Gasteiger partial charge on any atom is 0.272 e. The third kappa shape index (κ3) is 2.20. The number of amides is 1. The molecule has 18 heavy (non-hydrogen) atoms. The van der Waals surface area contributed by atoms with Crippen LogP contribution in [0.5, 0.6) is 0 Å². The zero-order valence-electron chi connectivity index (χ0n) is 11.1. The van der Waals surface area contributed by atoms with Gasteiger partial charge in [0.05, 0.1) is 23.5 Å². The maximum atomic E-state index is 12.3. The van der Waals surface area contributed by atoms with Crippen molar-refractivity contribution in [2.45, 2.75) is 45.9 Å². The number of nitrogens with one attached hydrogen (secondary N) is 1. The second kappa shape index (κ2) is 4.97. The Morgan fingerprint density at radius 3 is 2.94 bits per heavy atom. The van der Waals surface area contributed by atoms with Gasteiger partial charge in [0, 0.05) is 13.2 Å². The molecule has 1 aromatic rings. The predicted molar refractivity (Wildman–Crippen MR) is 68.3 cm³/mol. The topological polar surface area (TPSA) is 82.2 Å². The molecule has 2 atom stereocenters. The van der Waals surface area contributed by atoms with Gasteiger partial charge in [-0.2, -0.15) is 5.10 Å². The smallest absolute Gasteiger partial charge is 0.272 e. The summed E-state index contributed by atoms with van der Waals surface area (Å²) in [6.07, 6.45) is 0.890. The van der Waals surface area contributed by atoms with Gasteiger partial charge < -0.3 is 15.8 Å². The number of rotatable bonds is 3. The van der Waals surface area contributed by atoms with Gasteiger partial charge in [-0.25, -0.2) is 0 Å². The molecule has 0 aromatic carbocycles. The first-order chi connectivity index (χ1) is 8.54. The van der Waals surface area contributed by atoms with E-state index < -0.39 is 0 Å². The van der Waals surface area contributed by atoms with Gasteiger partial charge in [-0.3, -0.25) is 9.48 Å². The van der Waals surface area contributed by atoms with Gasteiger partial charge in [-0.15, -0.1) is 0 Å². The highest BCUT2D eigenvalue weighted by molar-refractivity contribution is 5.98. The summed E-state index contributed by atoms with van der Waals surface area (Å²) >= 11 is 0. The van der Waals surface area contributed by atoms with Crippen LogP contribution in [-0.4, -0.2) is 34.4 Å². The molecule has 1 aliphatic rings. The predicted octanol–water partition coefficient (Wildman–Crippen LogP) is 0.701. The van der Waals surface area contributed by atoms with Crippen LogP contribution in [0.15, 0.2) is 0 Å². The highest BCUT2D eigenvalue weighted by Gasteiger charge is 2.28. The number of nitrogens with two attached hydrogens (primary N) is 1. The summed E-state index contributed by atoms with van der Waals surface area (Å²) in [4.78, 5) is 12.3. The third-order valence-corrected chi connectivity index (χ3v) is 3.38. The quantitative estimate of drug-likeness (QED) is 0.829. The Bertz CT molecular complexity index is 455. The van der Waals surface area contributed by atoms with Crippen LogP contribution >= 0.6 is 0 Å². The van der Waals surface area contributed by atoms with Crippen LogP contribution in [0.4, 0.5) is 5.69 Å². The molecule has 100 valence electrons. The molecule has 0 radical (unpaired) electrons. The largest absolute Gasteiger partial charge is 0.395 e. The molecule has 0 aliphatic carbocycles. The van der Waals surface area contributed by atoms with Gasteiger partial charge >= 0.3 is 0 Å². The van der Waals surface area contributed by atoms with Crippen molar-refractivity contribution in [3.63, 3.8) is 0 Å². The molecule has 2 unspecified atom stereocenters. The van der Waals surface area contributed by atoms with Crippen LogP contribution in [0.3, 0.4) is 0 Å². The number of ether oxygens (including phenoxy) is 1. The summed E-state index contributed by atoms with van der Waals surface area (Å²) < 4.78 is 7.07. The van der Waals surface area contributed by atoms with Crippen molar-refractivity contribution in [3.8, 4) is 0 Å². The molecule has 2 rings (SSSR count). The van der Waals surface area contributed by atoms with Gasteiger partial charge in [0.15, 0.2) is 0 Å². The number of nitrogen functional groups attached to an aromatic ring is 1. The lowest BCUT2D eigenvalue weighted by Gasteiger charge is -2.16. The minimum Gasteiger partial charge on any atom is -0.395 e. The van der Waals surface area contributed by atoms with E-state index in [9.17, 15) is 4.79 Å². The Morgan fingerprint density at radius 1 is 1.67 bits per heavy atom. The van der Waals surface area contributed by atoms with E-state index in [0.717, 1.165) is 6.42 Å². The number of anilines is 1. The van der Waals surface area contributed by atoms with Crippen molar-refractivity contribution in [1.29, 1.82) is 0 Å². The standard InChI is InChI=1S/C12H20N4O2/c1-4-16-11(10(13)7(2)15-16)12(17)14-9-5-6-18-8(9)3/h8-9H,4-6,13H2,1-3H3,(H,14,17). The lowest BCUT2D eigenvalue weighted by atomic mass is 10.1. The van der Waals surface area contributed by atoms with E-state index in [2.05, 4.69) is 10.4 Å². The van der Waals surface area contributed by atoms with Crippen LogP contribution in [0.25, 0.3) is 0 Å². The van der Waals surface area contributed by atoms with E-state index in [4.69, 9.17) is 10.5 Å². The first-order valence-corrected chi connectivity index (χ1v) is 6.30. The van der Waals surface area contributed by atoms with E-state index in [1.807, 2.05) is 13.8 Å². The molecule has 1 fully saturated rings. The van der Waals surface area contributed by atoms with Gasteiger partial charge in [-0.1, -0.05) is 0 Å². The number of hydrogen-bond donors (Lipinski definition) is 2. The summed E-state index contributed by atoms with van der Waals surface area (Å²) in [6.45, 7) is 7.01. The van der Waals surface area contributed by atoms with Crippen molar-refractivity contribution in [1.82, 2.24) is 15.1 Å². The molecular weight excluding hydrogens is 232 g/mol. The van der Waals surface area contributed by atoms with Gasteiger partial charge in [0.25, 0.3) is 5.91 Å². The molecule has 0 spiro atoms. The van der Waals surface area contributed by atoms with Crippen LogP contribution in [0, 0.1) is 6.92 Å². The second-order valence-electron chi connectivity index (χ2n) is 4.61. The summed E-state index contributed by atoms with van der Waals surface area (Å²) in [5.41, 5.74) is 7.52. The number of aryl methyl sites for hydroxylation is 2. The Kier molecular flexibility index (Phi) is 3.56. The Morgan fingerprint density at radius 2 is 2.39 bits per heavy atom. The molecule has 0 saturated carbocycles. The SMILES string of the molecule is CCn1nc(C)c(N)c1C(=O)NC1CCOC1C. The highest BCUT2D eigenvalue weighted by atomic mass is 16.5. The summed E-state index contributed by atoms with van der Waals surface area (Å²) in [7, 11) is 0. The third-order valence-electron chi connectivity index (χ3n) is 3.38. The highest BCUT2D eigenvalue weighted by Crippen LogP contribution is 2.18. The molecule has 3 N–H and O–H groups in total. The van der Waals surface area contributed by atoms with E-state index in [1.165, 1.54) is 0 Å². The molecule has 6 heteroatoms. The lowest BCUT2D eigenvalue weighted by molar-refractivity contribution is 0.0857. The van der Waals surface area contributed by atoms with Crippen molar-refractivity contribution >= 4 is 11.6 Å². The maximum absolute atomic E-state index is 12.3. The number of nitrogens with zero attached hydrogens (tertiary/aromatic N) is 2. The molecule has 1 aromatic heterocycles. The van der Waals surface area contributed by atoms with Crippen molar-refractivity contribution < 1.29 is 9.53 Å². The Hall–Kier alpha value is -1.56. The number of aromatic nitrogens is 2. The molecule has 1 saturated heterocycles. The Balaban J connectivity index is 2.18. The van der Waals surface area contributed by atoms with Crippen LogP contribution in [0.2, 0.25) is 0 Å². The fourth-order valence-corrected chi connectivity index (χ4v) is 2.22. The molecule has 0 bridgehead atoms. The number of hydrogen-bond acceptors (Lipinski definition) is 4. The fourth-order valence-electron chi connectivity index (χ4n) is 2.22. The normalized spacial score (nSPS) is 23.3. The average Bonchev–Trinajstić information content (AvgIpc) is 2.85. The van der Waals surface area contributed by atoms with Gasteiger partial charge in [0.1, 0.15) is 5.69 Å². The van der Waals surface area contributed by atoms with Crippen LogP contribution in [-0.2, 0) is 11.3 Å². The summed E-state index contributed by atoms with van der Waals surface area (Å²) in [5, 5.41) is 7.21. The lowest BCUT2D eigenvalue weighted by Crippen LogP contribution is -2.40. The zero-order valence-corrected chi connectivity index (χ0v) is 11.1. The van der Waals surface area contributed by atoms with Crippen molar-refractivity contribution in [3.05, 3.63) is 11.4 Å². The Labute approximate surface area is 106 Å². The molecule has 1 aliphatic heterocycles. The van der Waals surface area contributed by atoms with Gasteiger partial charge in [-0.05, 0) is 27.2 Å². The van der Waals surface area contributed by atoms with E-state index in [1.54, 1.807) is 11.6 Å². The average molecular weight is 252 g/mol. The fraction of sp³-hybridized carbons (Fsp3) is 0.667. The molecule has 2 heterocycles. The van der Waals surface area contributed by atoms with Crippen molar-refractivity contribution in [2.75, 3.05) is 12.3 Å². The van der Waals surface area contributed by atoms with Crippen LogP contribution in [0.1, 0.15) is 36.5 Å². The summed E-state index contributed by atoms with van der Waals surface area (Å²) in [6, 6.07) is 0.0532. The van der Waals surface area contributed by atoms with E-state index >= 15 is 0 Å². The monoisotopic (exact) mass is 252 g/mol. The van der Waals surface area contributed by atoms with E-state index in [-0.39, 0.29) is 18.1 Å². The summed E-state index contributed by atoms with van der Waals surface area (Å²) in [5.74, 6) is -0.169. The zero-order chi connectivity index (χ0) is 13.3. The first kappa shape index (κ1) is 12.9. The minimum atomic E-state index is -0.169. The number of carbonyl (C=O) groups excluding carboxylic acids is 1. The van der Waals surface area contributed by atoms with Crippen molar-refractivity contribution in [2.24, 2.45) is 0 Å². The second-order valence-corrected chi connectivity index (χ2v) is 4.61. The molecule has 1 amide bonds. The number of carbonyl (C=O) groups is 1. The molecule has 6 nitrogen and oxygen atoms in total. The molecular formula is C12H20N4O2. The first-order valence-electron chi connectivity index (χ1n) is 6.30. The van der Waals surface area contributed by atoms with E-state index in [0.29, 0.717) is 30.2 Å². The minimum absolute atomic E-state index is 0.0502.